The van der Waals surface area contributed by atoms with Crippen molar-refractivity contribution in [3.8, 4) is 40.3 Å². The molecule has 3 heterocycles. The highest BCUT2D eigenvalue weighted by Crippen LogP contribution is 2.42. The van der Waals surface area contributed by atoms with Crippen molar-refractivity contribution < 1.29 is 0 Å². The van der Waals surface area contributed by atoms with Crippen LogP contribution in [0.15, 0.2) is 176 Å². The van der Waals surface area contributed by atoms with Crippen LogP contribution in [0.2, 0.25) is 0 Å². The van der Waals surface area contributed by atoms with E-state index in [-0.39, 0.29) is 0 Å². The standard InChI is InChI=1S/C50H29N5/c51-30-32-18-24-47-43(28-32)40-13-5-7-15-44(40)54(47)38-27-33(31-52)26-35(29-38)34-19-21-37(22-20-34)53-46-17-9-6-14-42(46)49-48(53)25-23-41-39-12-4-8-16-45(39)55(50(41)49)36-10-2-1-3-11-36/h1-29H. The molecule has 8 aromatic carbocycles. The molecular weight excluding hydrogens is 671 g/mol. The number of aromatic nitrogens is 3. The molecule has 11 rings (SSSR count). The highest BCUT2D eigenvalue weighted by atomic mass is 15.0. The maximum atomic E-state index is 10.2. The molecule has 0 fully saturated rings. The number of hydrogen-bond donors (Lipinski definition) is 0. The highest BCUT2D eigenvalue weighted by molar-refractivity contribution is 6.26. The largest absolute Gasteiger partial charge is 0.309 e. The molecule has 11 aromatic rings. The first kappa shape index (κ1) is 30.7. The summed E-state index contributed by atoms with van der Waals surface area (Å²) in [5.41, 5.74) is 12.9. The van der Waals surface area contributed by atoms with E-state index in [9.17, 15) is 10.5 Å². The molecule has 0 aliphatic heterocycles. The monoisotopic (exact) mass is 699 g/mol. The Morgan fingerprint density at radius 2 is 0.891 bits per heavy atom. The Labute approximate surface area is 316 Å². The SMILES string of the molecule is N#Cc1cc(-c2ccc(-n3c4ccccc4c4c3ccc3c5ccccc5n(-c5ccccc5)c34)cc2)cc(-n2c3ccccc3c3cc(C#N)ccc32)c1. The fraction of sp³-hybridized carbons (Fsp3) is 0. The van der Waals surface area contributed by atoms with Crippen LogP contribution in [-0.4, -0.2) is 13.7 Å². The summed E-state index contributed by atoms with van der Waals surface area (Å²) in [4.78, 5) is 0. The van der Waals surface area contributed by atoms with Crippen molar-refractivity contribution >= 4 is 65.4 Å². The number of nitriles is 2. The summed E-state index contributed by atoms with van der Waals surface area (Å²) in [5, 5.41) is 26.8. The van der Waals surface area contributed by atoms with Gasteiger partial charge in [-0.1, -0.05) is 91.0 Å². The third-order valence-electron chi connectivity index (χ3n) is 11.0. The Bertz CT molecular complexity index is 3440. The fourth-order valence-corrected chi connectivity index (χ4v) is 8.73. The van der Waals surface area contributed by atoms with E-state index < -0.39 is 0 Å². The second kappa shape index (κ2) is 11.8. The first-order valence-corrected chi connectivity index (χ1v) is 18.3. The van der Waals surface area contributed by atoms with Crippen molar-refractivity contribution in [1.82, 2.24) is 13.7 Å². The van der Waals surface area contributed by atoms with Gasteiger partial charge in [0.2, 0.25) is 0 Å². The van der Waals surface area contributed by atoms with E-state index in [0.29, 0.717) is 11.1 Å². The Morgan fingerprint density at radius 3 is 1.62 bits per heavy atom. The second-order valence-electron chi connectivity index (χ2n) is 14.0. The van der Waals surface area contributed by atoms with Crippen molar-refractivity contribution in [2.75, 3.05) is 0 Å². The molecule has 0 saturated heterocycles. The summed E-state index contributed by atoms with van der Waals surface area (Å²) in [5.74, 6) is 0. The Kier molecular flexibility index (Phi) is 6.61. The number of rotatable bonds is 4. The zero-order chi connectivity index (χ0) is 36.6. The number of nitrogens with zero attached hydrogens (tertiary/aromatic N) is 5. The predicted molar refractivity (Wildman–Crippen MR) is 224 cm³/mol. The summed E-state index contributed by atoms with van der Waals surface area (Å²) < 4.78 is 6.97. The first-order chi connectivity index (χ1) is 27.2. The molecule has 254 valence electrons. The van der Waals surface area contributed by atoms with Gasteiger partial charge in [-0.15, -0.1) is 0 Å². The number of fused-ring (bicyclic) bond motifs is 10. The van der Waals surface area contributed by atoms with Crippen LogP contribution < -0.4 is 0 Å². The molecule has 0 atom stereocenters. The van der Waals surface area contributed by atoms with Gasteiger partial charge in [0.05, 0.1) is 56.4 Å². The fourth-order valence-electron chi connectivity index (χ4n) is 8.73. The van der Waals surface area contributed by atoms with E-state index in [0.717, 1.165) is 61.0 Å². The van der Waals surface area contributed by atoms with Crippen LogP contribution in [-0.2, 0) is 0 Å². The quantitative estimate of drug-likeness (QED) is 0.184. The van der Waals surface area contributed by atoms with E-state index in [1.807, 2.05) is 42.5 Å². The molecule has 0 N–H and O–H groups in total. The van der Waals surface area contributed by atoms with Crippen molar-refractivity contribution in [3.05, 3.63) is 187 Å². The van der Waals surface area contributed by atoms with E-state index in [2.05, 4.69) is 159 Å². The molecule has 0 saturated carbocycles. The minimum atomic E-state index is 0.580. The van der Waals surface area contributed by atoms with E-state index in [4.69, 9.17) is 0 Å². The van der Waals surface area contributed by atoms with Crippen LogP contribution in [0.25, 0.3) is 93.6 Å². The zero-order valence-electron chi connectivity index (χ0n) is 29.5. The molecule has 0 unspecified atom stereocenters. The number of benzene rings is 8. The van der Waals surface area contributed by atoms with Gasteiger partial charge in [0.25, 0.3) is 0 Å². The summed E-state index contributed by atoms with van der Waals surface area (Å²) in [6, 6.07) is 66.0. The Morgan fingerprint density at radius 1 is 0.327 bits per heavy atom. The molecule has 5 nitrogen and oxygen atoms in total. The van der Waals surface area contributed by atoms with E-state index in [1.165, 1.54) is 32.6 Å². The van der Waals surface area contributed by atoms with E-state index >= 15 is 0 Å². The summed E-state index contributed by atoms with van der Waals surface area (Å²) >= 11 is 0. The van der Waals surface area contributed by atoms with Gasteiger partial charge >= 0.3 is 0 Å². The first-order valence-electron chi connectivity index (χ1n) is 18.3. The number of para-hydroxylation sites is 4. The molecule has 0 spiro atoms. The Balaban J connectivity index is 1.10. The lowest BCUT2D eigenvalue weighted by Crippen LogP contribution is -1.97. The smallest absolute Gasteiger partial charge is 0.0992 e. The molecule has 0 radical (unpaired) electrons. The summed E-state index contributed by atoms with van der Waals surface area (Å²) in [7, 11) is 0. The molecule has 3 aromatic heterocycles. The van der Waals surface area contributed by atoms with E-state index in [1.54, 1.807) is 0 Å². The number of hydrogen-bond acceptors (Lipinski definition) is 2. The molecule has 0 bridgehead atoms. The van der Waals surface area contributed by atoms with Crippen molar-refractivity contribution in [3.63, 3.8) is 0 Å². The van der Waals surface area contributed by atoms with Crippen molar-refractivity contribution in [2.24, 2.45) is 0 Å². The van der Waals surface area contributed by atoms with Crippen molar-refractivity contribution in [1.29, 1.82) is 10.5 Å². The van der Waals surface area contributed by atoms with Gasteiger partial charge in [0, 0.05) is 49.4 Å². The minimum Gasteiger partial charge on any atom is -0.309 e. The van der Waals surface area contributed by atoms with Crippen LogP contribution >= 0.6 is 0 Å². The van der Waals surface area contributed by atoms with Gasteiger partial charge in [-0.25, -0.2) is 0 Å². The lowest BCUT2D eigenvalue weighted by atomic mass is 10.0. The second-order valence-corrected chi connectivity index (χ2v) is 14.0. The van der Waals surface area contributed by atoms with Gasteiger partial charge in [0.15, 0.2) is 0 Å². The third-order valence-corrected chi connectivity index (χ3v) is 11.0. The average Bonchev–Trinajstić information content (AvgIpc) is 3.89. The van der Waals surface area contributed by atoms with Gasteiger partial charge in [0.1, 0.15) is 0 Å². The van der Waals surface area contributed by atoms with Crippen LogP contribution in [0.5, 0.6) is 0 Å². The average molecular weight is 700 g/mol. The predicted octanol–water partition coefficient (Wildman–Crippen LogP) is 12.4. The molecule has 55 heavy (non-hydrogen) atoms. The van der Waals surface area contributed by atoms with Gasteiger partial charge < -0.3 is 13.7 Å². The molecular formula is C50H29N5. The van der Waals surface area contributed by atoms with Crippen molar-refractivity contribution in [2.45, 2.75) is 0 Å². The van der Waals surface area contributed by atoms with Crippen LogP contribution in [0.4, 0.5) is 0 Å². The Hall–Kier alpha value is -7.86. The molecule has 0 amide bonds. The summed E-state index contributed by atoms with van der Waals surface area (Å²) in [6.45, 7) is 0. The van der Waals surface area contributed by atoms with Gasteiger partial charge in [-0.05, 0) is 96.1 Å². The molecule has 0 aliphatic carbocycles. The minimum absolute atomic E-state index is 0.580. The van der Waals surface area contributed by atoms with Gasteiger partial charge in [-0.3, -0.25) is 0 Å². The normalized spacial score (nSPS) is 11.6. The van der Waals surface area contributed by atoms with Crippen LogP contribution in [0.3, 0.4) is 0 Å². The highest BCUT2D eigenvalue weighted by Gasteiger charge is 2.21. The third kappa shape index (κ3) is 4.51. The zero-order valence-corrected chi connectivity index (χ0v) is 29.5. The lowest BCUT2D eigenvalue weighted by Gasteiger charge is -2.13. The molecule has 0 aliphatic rings. The maximum Gasteiger partial charge on any atom is 0.0992 e. The lowest BCUT2D eigenvalue weighted by molar-refractivity contribution is 1.17. The maximum absolute atomic E-state index is 10.2. The summed E-state index contributed by atoms with van der Waals surface area (Å²) in [6.07, 6.45) is 0. The molecule has 5 heteroatoms. The van der Waals surface area contributed by atoms with Crippen LogP contribution in [0, 0.1) is 22.7 Å². The van der Waals surface area contributed by atoms with Crippen LogP contribution in [0.1, 0.15) is 11.1 Å². The van der Waals surface area contributed by atoms with Gasteiger partial charge in [-0.2, -0.15) is 10.5 Å². The topological polar surface area (TPSA) is 62.4 Å².